The Labute approximate surface area is 103 Å². The van der Waals surface area contributed by atoms with Crippen molar-refractivity contribution in [3.8, 4) is 0 Å². The second kappa shape index (κ2) is 4.66. The van der Waals surface area contributed by atoms with Crippen molar-refractivity contribution in [2.75, 3.05) is 6.54 Å². The maximum Gasteiger partial charge on any atom is 0.251 e. The van der Waals surface area contributed by atoms with E-state index in [2.05, 4.69) is 21.2 Å². The highest BCUT2D eigenvalue weighted by Gasteiger charge is 2.04. The normalized spacial score (nSPS) is 10.4. The molecule has 2 aromatic carbocycles. The van der Waals surface area contributed by atoms with Crippen molar-refractivity contribution in [1.29, 1.82) is 0 Å². The summed E-state index contributed by atoms with van der Waals surface area (Å²) < 4.78 is 1.05. The molecule has 0 aliphatic heterocycles. The van der Waals surface area contributed by atoms with Crippen LogP contribution in [-0.2, 0) is 0 Å². The number of hydrogen-bond donors (Lipinski definition) is 1. The van der Waals surface area contributed by atoms with Crippen molar-refractivity contribution in [3.63, 3.8) is 0 Å². The summed E-state index contributed by atoms with van der Waals surface area (Å²) >= 11 is 3.43. The molecule has 1 N–H and O–H groups in total. The molecule has 82 valence electrons. The third kappa shape index (κ3) is 2.25. The monoisotopic (exact) mass is 277 g/mol. The number of nitrogens with one attached hydrogen (secondary N) is 1. The van der Waals surface area contributed by atoms with E-state index in [1.807, 2.05) is 43.3 Å². The molecule has 0 unspecified atom stereocenters. The minimum atomic E-state index is -0.0210. The summed E-state index contributed by atoms with van der Waals surface area (Å²) in [6.07, 6.45) is 0. The fraction of sp³-hybridized carbons (Fsp3) is 0.154. The van der Waals surface area contributed by atoms with Crippen LogP contribution in [0, 0.1) is 0 Å². The van der Waals surface area contributed by atoms with Crippen LogP contribution < -0.4 is 5.32 Å². The Balaban J connectivity index is 2.44. The number of halogens is 1. The van der Waals surface area contributed by atoms with E-state index < -0.39 is 0 Å². The van der Waals surface area contributed by atoms with Gasteiger partial charge in [-0.15, -0.1) is 0 Å². The van der Waals surface area contributed by atoms with Gasteiger partial charge in [-0.25, -0.2) is 0 Å². The van der Waals surface area contributed by atoms with E-state index in [0.29, 0.717) is 12.1 Å². The molecule has 3 heteroatoms. The molecule has 0 aromatic heterocycles. The van der Waals surface area contributed by atoms with Crippen LogP contribution in [0.5, 0.6) is 0 Å². The van der Waals surface area contributed by atoms with Gasteiger partial charge in [0, 0.05) is 16.6 Å². The summed E-state index contributed by atoms with van der Waals surface area (Å²) in [5, 5.41) is 4.99. The molecular formula is C13H12BrNO. The third-order valence-corrected chi connectivity index (χ3v) is 2.90. The number of amides is 1. The van der Waals surface area contributed by atoms with Crippen molar-refractivity contribution in [2.24, 2.45) is 0 Å². The van der Waals surface area contributed by atoms with Gasteiger partial charge < -0.3 is 5.32 Å². The minimum absolute atomic E-state index is 0.0210. The van der Waals surface area contributed by atoms with Crippen molar-refractivity contribution >= 4 is 32.6 Å². The summed E-state index contributed by atoms with van der Waals surface area (Å²) in [6, 6.07) is 11.7. The van der Waals surface area contributed by atoms with E-state index in [0.717, 1.165) is 15.2 Å². The first kappa shape index (κ1) is 11.1. The Bertz CT molecular complexity index is 536. The van der Waals surface area contributed by atoms with E-state index in [-0.39, 0.29) is 5.91 Å². The van der Waals surface area contributed by atoms with Crippen molar-refractivity contribution in [3.05, 3.63) is 46.4 Å². The number of fused-ring (bicyclic) bond motifs is 1. The van der Waals surface area contributed by atoms with Gasteiger partial charge in [0.15, 0.2) is 0 Å². The summed E-state index contributed by atoms with van der Waals surface area (Å²) in [5.41, 5.74) is 0.705. The highest BCUT2D eigenvalue weighted by Crippen LogP contribution is 2.20. The maximum atomic E-state index is 11.6. The first-order valence-electron chi connectivity index (χ1n) is 5.18. The Hall–Kier alpha value is -1.35. The zero-order chi connectivity index (χ0) is 11.5. The average molecular weight is 278 g/mol. The Kier molecular flexibility index (Phi) is 3.25. The molecule has 0 bridgehead atoms. The smallest absolute Gasteiger partial charge is 0.251 e. The number of hydrogen-bond acceptors (Lipinski definition) is 1. The van der Waals surface area contributed by atoms with Crippen molar-refractivity contribution in [1.82, 2.24) is 5.32 Å². The van der Waals surface area contributed by atoms with Gasteiger partial charge in [0.1, 0.15) is 0 Å². The average Bonchev–Trinajstić information content (AvgIpc) is 2.28. The number of carbonyl (C=O) groups excluding carboxylic acids is 1. The van der Waals surface area contributed by atoms with Gasteiger partial charge in [-0.2, -0.15) is 0 Å². The number of rotatable bonds is 2. The molecule has 1 amide bonds. The van der Waals surface area contributed by atoms with Crippen LogP contribution in [0.15, 0.2) is 40.9 Å². The van der Waals surface area contributed by atoms with Gasteiger partial charge in [-0.3, -0.25) is 4.79 Å². The summed E-state index contributed by atoms with van der Waals surface area (Å²) in [6.45, 7) is 2.56. The quantitative estimate of drug-likeness (QED) is 0.896. The molecule has 0 spiro atoms. The molecule has 2 nitrogen and oxygen atoms in total. The lowest BCUT2D eigenvalue weighted by Crippen LogP contribution is -2.22. The van der Waals surface area contributed by atoms with Crippen molar-refractivity contribution < 1.29 is 4.79 Å². The first-order chi connectivity index (χ1) is 7.70. The molecule has 2 aromatic rings. The van der Waals surface area contributed by atoms with E-state index in [9.17, 15) is 4.79 Å². The molecule has 0 aliphatic carbocycles. The summed E-state index contributed by atoms with van der Waals surface area (Å²) in [5.74, 6) is -0.0210. The van der Waals surface area contributed by atoms with E-state index in [1.54, 1.807) is 0 Å². The zero-order valence-corrected chi connectivity index (χ0v) is 10.5. The van der Waals surface area contributed by atoms with Crippen LogP contribution in [-0.4, -0.2) is 12.5 Å². The minimum Gasteiger partial charge on any atom is -0.352 e. The zero-order valence-electron chi connectivity index (χ0n) is 8.96. The van der Waals surface area contributed by atoms with Crippen molar-refractivity contribution in [2.45, 2.75) is 6.92 Å². The fourth-order valence-electron chi connectivity index (χ4n) is 1.62. The Morgan fingerprint density at radius 2 is 1.88 bits per heavy atom. The van der Waals surface area contributed by atoms with Gasteiger partial charge >= 0.3 is 0 Å². The Morgan fingerprint density at radius 3 is 2.62 bits per heavy atom. The molecule has 0 saturated heterocycles. The second-order valence-corrected chi connectivity index (χ2v) is 4.48. The molecule has 0 fully saturated rings. The molecule has 0 atom stereocenters. The molecule has 16 heavy (non-hydrogen) atoms. The summed E-state index contributed by atoms with van der Waals surface area (Å²) in [7, 11) is 0. The van der Waals surface area contributed by atoms with Crippen LogP contribution >= 0.6 is 15.9 Å². The molecule has 2 rings (SSSR count). The van der Waals surface area contributed by atoms with Gasteiger partial charge in [0.05, 0.1) is 0 Å². The molecule has 0 saturated carbocycles. The highest BCUT2D eigenvalue weighted by atomic mass is 79.9. The lowest BCUT2D eigenvalue weighted by molar-refractivity contribution is 0.0956. The fourth-order valence-corrected chi connectivity index (χ4v) is 2.00. The molecular weight excluding hydrogens is 266 g/mol. The second-order valence-electron chi connectivity index (χ2n) is 3.57. The number of carbonyl (C=O) groups is 1. The highest BCUT2D eigenvalue weighted by molar-refractivity contribution is 9.10. The lowest BCUT2D eigenvalue weighted by atomic mass is 10.1. The van der Waals surface area contributed by atoms with Crippen LogP contribution in [0.25, 0.3) is 10.8 Å². The van der Waals surface area contributed by atoms with Gasteiger partial charge in [0.2, 0.25) is 0 Å². The van der Waals surface area contributed by atoms with Gasteiger partial charge in [-0.05, 0) is 42.0 Å². The van der Waals surface area contributed by atoms with Crippen LogP contribution in [0.2, 0.25) is 0 Å². The van der Waals surface area contributed by atoms with Crippen LogP contribution in [0.1, 0.15) is 17.3 Å². The van der Waals surface area contributed by atoms with Gasteiger partial charge in [-0.1, -0.05) is 28.1 Å². The first-order valence-corrected chi connectivity index (χ1v) is 5.97. The van der Waals surface area contributed by atoms with E-state index in [1.165, 1.54) is 0 Å². The largest absolute Gasteiger partial charge is 0.352 e. The predicted octanol–water partition coefficient (Wildman–Crippen LogP) is 3.35. The predicted molar refractivity (Wildman–Crippen MR) is 69.7 cm³/mol. The van der Waals surface area contributed by atoms with Gasteiger partial charge in [0.25, 0.3) is 5.91 Å². The van der Waals surface area contributed by atoms with E-state index in [4.69, 9.17) is 0 Å². The van der Waals surface area contributed by atoms with E-state index >= 15 is 0 Å². The molecule has 0 radical (unpaired) electrons. The summed E-state index contributed by atoms with van der Waals surface area (Å²) in [4.78, 5) is 11.6. The number of benzene rings is 2. The van der Waals surface area contributed by atoms with Crippen LogP contribution in [0.3, 0.4) is 0 Å². The standard InChI is InChI=1S/C13H12BrNO/c1-2-15-13(16)11-4-3-10-8-12(14)6-5-9(10)7-11/h3-8H,2H2,1H3,(H,15,16). The SMILES string of the molecule is CCNC(=O)c1ccc2cc(Br)ccc2c1. The third-order valence-electron chi connectivity index (χ3n) is 2.40. The molecule has 0 aliphatic rings. The Morgan fingerprint density at radius 1 is 1.19 bits per heavy atom. The maximum absolute atomic E-state index is 11.6. The lowest BCUT2D eigenvalue weighted by Gasteiger charge is -2.04. The molecule has 0 heterocycles. The van der Waals surface area contributed by atoms with Crippen LogP contribution in [0.4, 0.5) is 0 Å². The topological polar surface area (TPSA) is 29.1 Å².